The zero-order valence-electron chi connectivity index (χ0n) is 9.43. The predicted molar refractivity (Wildman–Crippen MR) is 79.9 cm³/mol. The van der Waals surface area contributed by atoms with Gasteiger partial charge < -0.3 is 0 Å². The Balaban J connectivity index is 2.55. The molecule has 0 unspecified atom stereocenters. The molecule has 0 amide bonds. The fourth-order valence-electron chi connectivity index (χ4n) is 1.56. The van der Waals surface area contributed by atoms with Gasteiger partial charge in [-0.25, -0.2) is 0 Å². The zero-order valence-corrected chi connectivity index (χ0v) is 13.2. The number of ketones is 1. The number of halogens is 2. The lowest BCUT2D eigenvalue weighted by atomic mass is 10.0. The molecule has 0 aliphatic carbocycles. The highest BCUT2D eigenvalue weighted by atomic mass is 127. The van der Waals surface area contributed by atoms with E-state index in [1.54, 1.807) is 0 Å². The zero-order chi connectivity index (χ0) is 12.0. The van der Waals surface area contributed by atoms with Gasteiger partial charge in [0, 0.05) is 20.0 Å². The molecule has 0 fully saturated rings. The van der Waals surface area contributed by atoms with Crippen molar-refractivity contribution in [2.75, 3.05) is 0 Å². The molecule has 0 saturated heterocycles. The van der Waals surface area contributed by atoms with E-state index in [0.29, 0.717) is 6.42 Å². The molecule has 1 aromatic carbocycles. The van der Waals surface area contributed by atoms with Crippen LogP contribution in [0.3, 0.4) is 0 Å². The molecule has 0 spiro atoms. The summed E-state index contributed by atoms with van der Waals surface area (Å²) in [6.45, 7) is 2.18. The number of benzene rings is 1. The van der Waals surface area contributed by atoms with E-state index in [9.17, 15) is 4.79 Å². The normalized spacial score (nSPS) is 10.4. The molecular formula is C13H16BrIO. The third kappa shape index (κ3) is 4.53. The van der Waals surface area contributed by atoms with Gasteiger partial charge in [-0.15, -0.1) is 0 Å². The first-order valence-electron chi connectivity index (χ1n) is 5.63. The summed E-state index contributed by atoms with van der Waals surface area (Å²) < 4.78 is 2.02. The average molecular weight is 395 g/mol. The van der Waals surface area contributed by atoms with Crippen LogP contribution in [0.2, 0.25) is 0 Å². The van der Waals surface area contributed by atoms with Crippen LogP contribution < -0.4 is 0 Å². The predicted octanol–water partition coefficient (Wildman–Crippen LogP) is 5.21. The van der Waals surface area contributed by atoms with Gasteiger partial charge in [0.15, 0.2) is 5.78 Å². The van der Waals surface area contributed by atoms with Crippen LogP contribution in [-0.2, 0) is 0 Å². The minimum atomic E-state index is 0.251. The second-order valence-corrected chi connectivity index (χ2v) is 5.96. The minimum Gasteiger partial charge on any atom is -0.294 e. The lowest BCUT2D eigenvalue weighted by Crippen LogP contribution is -2.00. The molecule has 0 aromatic heterocycles. The van der Waals surface area contributed by atoms with Crippen molar-refractivity contribution in [2.24, 2.45) is 0 Å². The maximum atomic E-state index is 11.9. The maximum absolute atomic E-state index is 11.9. The number of unbranched alkanes of at least 4 members (excludes halogenated alkanes) is 3. The number of Topliss-reactive ketones (excluding diaryl/α,β-unsaturated/α-hetero) is 1. The largest absolute Gasteiger partial charge is 0.294 e. The van der Waals surface area contributed by atoms with E-state index in [4.69, 9.17) is 0 Å². The lowest BCUT2D eigenvalue weighted by Gasteiger charge is -2.04. The smallest absolute Gasteiger partial charge is 0.164 e. The second kappa shape index (κ2) is 7.43. The summed E-state index contributed by atoms with van der Waals surface area (Å²) in [7, 11) is 0. The Hall–Kier alpha value is 0.1000. The summed E-state index contributed by atoms with van der Waals surface area (Å²) >= 11 is 5.66. The van der Waals surface area contributed by atoms with Crippen molar-refractivity contribution >= 4 is 44.3 Å². The molecule has 0 bridgehead atoms. The summed E-state index contributed by atoms with van der Waals surface area (Å²) in [4.78, 5) is 11.9. The molecule has 16 heavy (non-hydrogen) atoms. The molecule has 0 saturated carbocycles. The van der Waals surface area contributed by atoms with Gasteiger partial charge in [-0.05, 0) is 47.2 Å². The van der Waals surface area contributed by atoms with Crippen LogP contribution in [0.5, 0.6) is 0 Å². The van der Waals surface area contributed by atoms with E-state index < -0.39 is 0 Å². The Morgan fingerprint density at radius 2 is 2.06 bits per heavy atom. The summed E-state index contributed by atoms with van der Waals surface area (Å²) in [5.41, 5.74) is 0.823. The van der Waals surface area contributed by atoms with Crippen LogP contribution in [0.1, 0.15) is 49.4 Å². The second-order valence-electron chi connectivity index (χ2n) is 3.86. The summed E-state index contributed by atoms with van der Waals surface area (Å²) in [5, 5.41) is 0. The van der Waals surface area contributed by atoms with E-state index in [2.05, 4.69) is 45.4 Å². The topological polar surface area (TPSA) is 17.1 Å². The van der Waals surface area contributed by atoms with Gasteiger partial charge in [-0.2, -0.15) is 0 Å². The fourth-order valence-corrected chi connectivity index (χ4v) is 2.52. The SMILES string of the molecule is CCCCCCC(=O)c1cc(I)ccc1Br. The average Bonchev–Trinajstić information content (AvgIpc) is 2.27. The molecule has 88 valence electrons. The van der Waals surface area contributed by atoms with Gasteiger partial charge >= 0.3 is 0 Å². The van der Waals surface area contributed by atoms with E-state index in [0.717, 1.165) is 26.4 Å². The highest BCUT2D eigenvalue weighted by Crippen LogP contribution is 2.21. The van der Waals surface area contributed by atoms with E-state index in [-0.39, 0.29) is 5.78 Å². The Morgan fingerprint density at radius 3 is 2.75 bits per heavy atom. The van der Waals surface area contributed by atoms with E-state index in [1.165, 1.54) is 12.8 Å². The van der Waals surface area contributed by atoms with Crippen LogP contribution in [0.25, 0.3) is 0 Å². The third-order valence-corrected chi connectivity index (χ3v) is 3.85. The van der Waals surface area contributed by atoms with Gasteiger partial charge in [0.25, 0.3) is 0 Å². The summed E-state index contributed by atoms with van der Waals surface area (Å²) in [6, 6.07) is 5.90. The maximum Gasteiger partial charge on any atom is 0.164 e. The van der Waals surface area contributed by atoms with Gasteiger partial charge in [-0.1, -0.05) is 42.1 Å². The Bertz CT molecular complexity index is 363. The number of rotatable bonds is 6. The molecule has 1 nitrogen and oxygen atoms in total. The molecule has 0 aliphatic heterocycles. The van der Waals surface area contributed by atoms with Crippen molar-refractivity contribution in [1.29, 1.82) is 0 Å². The molecule has 1 aromatic rings. The monoisotopic (exact) mass is 394 g/mol. The van der Waals surface area contributed by atoms with Crippen LogP contribution in [0, 0.1) is 3.57 Å². The molecule has 0 radical (unpaired) electrons. The number of hydrogen-bond donors (Lipinski definition) is 0. The molecule has 0 aliphatic rings. The van der Waals surface area contributed by atoms with Crippen molar-refractivity contribution in [3.63, 3.8) is 0 Å². The van der Waals surface area contributed by atoms with Crippen molar-refractivity contribution in [1.82, 2.24) is 0 Å². The number of hydrogen-bond acceptors (Lipinski definition) is 1. The molecular weight excluding hydrogens is 379 g/mol. The fraction of sp³-hybridized carbons (Fsp3) is 0.462. The van der Waals surface area contributed by atoms with Crippen LogP contribution in [-0.4, -0.2) is 5.78 Å². The summed E-state index contributed by atoms with van der Waals surface area (Å²) in [5.74, 6) is 0.251. The van der Waals surface area contributed by atoms with Gasteiger partial charge in [0.05, 0.1) is 0 Å². The highest BCUT2D eigenvalue weighted by Gasteiger charge is 2.09. The number of carbonyl (C=O) groups is 1. The Morgan fingerprint density at radius 1 is 1.31 bits per heavy atom. The standard InChI is InChI=1S/C13H16BrIO/c1-2-3-4-5-6-13(16)11-9-10(15)7-8-12(11)14/h7-9H,2-6H2,1H3. The van der Waals surface area contributed by atoms with Crippen molar-refractivity contribution in [2.45, 2.75) is 39.0 Å². The molecule has 0 atom stereocenters. The first-order valence-corrected chi connectivity index (χ1v) is 7.50. The van der Waals surface area contributed by atoms with Crippen LogP contribution in [0.4, 0.5) is 0 Å². The lowest BCUT2D eigenvalue weighted by molar-refractivity contribution is 0.0978. The van der Waals surface area contributed by atoms with Crippen molar-refractivity contribution in [3.8, 4) is 0 Å². The first kappa shape index (κ1) is 14.2. The van der Waals surface area contributed by atoms with Gasteiger partial charge in [-0.3, -0.25) is 4.79 Å². The highest BCUT2D eigenvalue weighted by molar-refractivity contribution is 14.1. The van der Waals surface area contributed by atoms with Gasteiger partial charge in [0.1, 0.15) is 0 Å². The van der Waals surface area contributed by atoms with Crippen molar-refractivity contribution in [3.05, 3.63) is 31.8 Å². The first-order chi connectivity index (χ1) is 7.65. The van der Waals surface area contributed by atoms with Crippen molar-refractivity contribution < 1.29 is 4.79 Å². The molecule has 0 heterocycles. The van der Waals surface area contributed by atoms with E-state index >= 15 is 0 Å². The molecule has 1 rings (SSSR count). The number of carbonyl (C=O) groups excluding carboxylic acids is 1. The molecule has 0 N–H and O–H groups in total. The summed E-state index contributed by atoms with van der Waals surface area (Å²) in [6.07, 6.45) is 5.26. The van der Waals surface area contributed by atoms with E-state index in [1.807, 2.05) is 18.2 Å². The Labute approximate surface area is 119 Å². The Kier molecular flexibility index (Phi) is 6.58. The molecule has 3 heteroatoms. The van der Waals surface area contributed by atoms with Crippen LogP contribution >= 0.6 is 38.5 Å². The quantitative estimate of drug-likeness (QED) is 0.368. The third-order valence-electron chi connectivity index (χ3n) is 2.49. The minimum absolute atomic E-state index is 0.251. The van der Waals surface area contributed by atoms with Crippen LogP contribution in [0.15, 0.2) is 22.7 Å². The van der Waals surface area contributed by atoms with Gasteiger partial charge in [0.2, 0.25) is 0 Å².